The predicted octanol–water partition coefficient (Wildman–Crippen LogP) is 0.648. The second-order valence-corrected chi connectivity index (χ2v) is 6.70. The van der Waals surface area contributed by atoms with Crippen molar-refractivity contribution < 1.29 is 19.1 Å². The lowest BCUT2D eigenvalue weighted by atomic mass is 9.84. The van der Waals surface area contributed by atoms with Crippen LogP contribution < -0.4 is 15.8 Å². The Balaban J connectivity index is 1.54. The molecule has 0 bridgehead atoms. The third-order valence-corrected chi connectivity index (χ3v) is 5.38. The summed E-state index contributed by atoms with van der Waals surface area (Å²) in [7, 11) is 0. The number of nitrogens with two attached hydrogens (primary N) is 1. The van der Waals surface area contributed by atoms with Gasteiger partial charge in [-0.3, -0.25) is 14.4 Å². The summed E-state index contributed by atoms with van der Waals surface area (Å²) in [4.78, 5) is 35.5. The number of para-hydroxylation sites is 1. The summed E-state index contributed by atoms with van der Waals surface area (Å²) < 4.78 is 6.22. The molecule has 1 aromatic carbocycles. The molecule has 2 saturated carbocycles. The van der Waals surface area contributed by atoms with Crippen molar-refractivity contribution in [3.8, 4) is 5.75 Å². The smallest absolute Gasteiger partial charge is 0.236 e. The Kier molecular flexibility index (Phi) is 2.98. The van der Waals surface area contributed by atoms with Gasteiger partial charge in [0.15, 0.2) is 5.78 Å². The van der Waals surface area contributed by atoms with Gasteiger partial charge in [0, 0.05) is 11.8 Å². The zero-order chi connectivity index (χ0) is 16.2. The Morgan fingerprint density at radius 3 is 2.91 bits per heavy atom. The molecule has 23 heavy (non-hydrogen) atoms. The van der Waals surface area contributed by atoms with Gasteiger partial charge in [-0.05, 0) is 30.9 Å². The van der Waals surface area contributed by atoms with Gasteiger partial charge in [-0.15, -0.1) is 0 Å². The van der Waals surface area contributed by atoms with Gasteiger partial charge in [0.25, 0.3) is 0 Å². The van der Waals surface area contributed by atoms with E-state index < -0.39 is 11.5 Å². The molecule has 0 saturated heterocycles. The summed E-state index contributed by atoms with van der Waals surface area (Å²) in [6.45, 7) is -0.148. The Bertz CT molecular complexity index is 716. The molecule has 4 rings (SSSR count). The van der Waals surface area contributed by atoms with E-state index >= 15 is 0 Å². The number of amides is 2. The van der Waals surface area contributed by atoms with E-state index in [1.807, 2.05) is 18.2 Å². The predicted molar refractivity (Wildman–Crippen MR) is 80.7 cm³/mol. The number of benzene rings is 1. The lowest BCUT2D eigenvalue weighted by Crippen LogP contribution is -2.45. The Morgan fingerprint density at radius 1 is 1.35 bits per heavy atom. The van der Waals surface area contributed by atoms with Crippen molar-refractivity contribution in [2.75, 3.05) is 6.54 Å². The maximum atomic E-state index is 12.5. The number of carbonyl (C=O) groups excluding carboxylic acids is 3. The van der Waals surface area contributed by atoms with Crippen LogP contribution in [-0.2, 0) is 9.59 Å². The summed E-state index contributed by atoms with van der Waals surface area (Å²) in [5, 5.41) is 2.57. The maximum absolute atomic E-state index is 12.5. The van der Waals surface area contributed by atoms with Gasteiger partial charge >= 0.3 is 0 Å². The molecule has 6 nitrogen and oxygen atoms in total. The summed E-state index contributed by atoms with van der Waals surface area (Å²) in [5.41, 5.74) is 5.12. The molecule has 1 heterocycles. The van der Waals surface area contributed by atoms with E-state index in [4.69, 9.17) is 10.5 Å². The third kappa shape index (κ3) is 2.12. The van der Waals surface area contributed by atoms with Crippen molar-refractivity contribution in [1.29, 1.82) is 0 Å². The third-order valence-electron chi connectivity index (χ3n) is 5.38. The van der Waals surface area contributed by atoms with Crippen LogP contribution in [0.15, 0.2) is 24.3 Å². The van der Waals surface area contributed by atoms with Crippen LogP contribution in [0.5, 0.6) is 5.75 Å². The monoisotopic (exact) mass is 314 g/mol. The molecule has 3 aliphatic rings. The fraction of sp³-hybridized carbons (Fsp3) is 0.471. The van der Waals surface area contributed by atoms with Gasteiger partial charge in [-0.25, -0.2) is 0 Å². The first-order valence-electron chi connectivity index (χ1n) is 7.89. The molecule has 2 amide bonds. The van der Waals surface area contributed by atoms with E-state index in [-0.39, 0.29) is 36.0 Å². The largest absolute Gasteiger partial charge is 0.486 e. The minimum atomic E-state index is -0.565. The van der Waals surface area contributed by atoms with Gasteiger partial charge in [0.05, 0.1) is 18.5 Å². The number of nitrogens with one attached hydrogen (secondary N) is 1. The van der Waals surface area contributed by atoms with Gasteiger partial charge in [-0.1, -0.05) is 12.1 Å². The Labute approximate surface area is 133 Å². The Hall–Kier alpha value is -2.37. The summed E-state index contributed by atoms with van der Waals surface area (Å²) >= 11 is 0. The van der Waals surface area contributed by atoms with Crippen LogP contribution in [-0.4, -0.2) is 29.7 Å². The SMILES string of the molecule is NC(=O)CNC(=O)[C@@H]1[C@@H]2CC[C@@]3(CC(=O)c4ccccc4O3)[C@@H]21. The number of carbonyl (C=O) groups is 3. The molecule has 0 radical (unpaired) electrons. The topological polar surface area (TPSA) is 98.5 Å². The highest BCUT2D eigenvalue weighted by Gasteiger charge is 2.70. The number of primary amides is 1. The highest BCUT2D eigenvalue weighted by molar-refractivity contribution is 6.00. The Morgan fingerprint density at radius 2 is 2.13 bits per heavy atom. The quantitative estimate of drug-likeness (QED) is 0.855. The normalized spacial score (nSPS) is 33.6. The second kappa shape index (κ2) is 4.81. The molecule has 1 aliphatic heterocycles. The molecule has 3 N–H and O–H groups in total. The molecule has 120 valence electrons. The average molecular weight is 314 g/mol. The zero-order valence-corrected chi connectivity index (χ0v) is 12.6. The molecule has 6 heteroatoms. The van der Waals surface area contributed by atoms with Crippen molar-refractivity contribution in [1.82, 2.24) is 5.32 Å². The fourth-order valence-corrected chi connectivity index (χ4v) is 4.41. The summed E-state index contributed by atoms with van der Waals surface area (Å²) in [6.07, 6.45) is 1.99. The van der Waals surface area contributed by atoms with Gasteiger partial charge < -0.3 is 15.8 Å². The van der Waals surface area contributed by atoms with Crippen LogP contribution in [0.4, 0.5) is 0 Å². The number of hydrogen-bond donors (Lipinski definition) is 2. The van der Waals surface area contributed by atoms with E-state index in [9.17, 15) is 14.4 Å². The molecule has 4 atom stereocenters. The zero-order valence-electron chi connectivity index (χ0n) is 12.6. The van der Waals surface area contributed by atoms with Crippen molar-refractivity contribution in [2.45, 2.75) is 24.9 Å². The molecule has 2 fully saturated rings. The van der Waals surface area contributed by atoms with Gasteiger partial charge in [0.2, 0.25) is 11.8 Å². The lowest BCUT2D eigenvalue weighted by molar-refractivity contribution is -0.127. The minimum absolute atomic E-state index is 0.0488. The average Bonchev–Trinajstić information content (AvgIpc) is 3.17. The number of Topliss-reactive ketones (excluding diaryl/α,β-unsaturated/α-hetero) is 1. The van der Waals surface area contributed by atoms with Crippen LogP contribution in [0, 0.1) is 17.8 Å². The first-order chi connectivity index (χ1) is 11.0. The van der Waals surface area contributed by atoms with E-state index in [0.717, 1.165) is 12.8 Å². The van der Waals surface area contributed by atoms with Crippen LogP contribution in [0.2, 0.25) is 0 Å². The highest BCUT2D eigenvalue weighted by atomic mass is 16.5. The molecular formula is C17H18N2O4. The van der Waals surface area contributed by atoms with Crippen LogP contribution >= 0.6 is 0 Å². The molecule has 2 aliphatic carbocycles. The summed E-state index contributed by atoms with van der Waals surface area (Å²) in [6, 6.07) is 7.27. The number of fused-ring (bicyclic) bond motifs is 3. The summed E-state index contributed by atoms with van der Waals surface area (Å²) in [5.74, 6) is 0.0859. The highest BCUT2D eigenvalue weighted by Crippen LogP contribution is 2.65. The number of rotatable bonds is 3. The first kappa shape index (κ1) is 14.2. The minimum Gasteiger partial charge on any atom is -0.486 e. The molecular weight excluding hydrogens is 296 g/mol. The number of hydrogen-bond acceptors (Lipinski definition) is 4. The molecule has 1 aromatic rings. The molecule has 0 unspecified atom stereocenters. The van der Waals surface area contributed by atoms with Crippen LogP contribution in [0.25, 0.3) is 0 Å². The van der Waals surface area contributed by atoms with Crippen LogP contribution in [0.3, 0.4) is 0 Å². The lowest BCUT2D eigenvalue weighted by Gasteiger charge is -2.37. The standard InChI is InChI=1S/C17H18N2O4/c18-13(21)8-19-16(22)14-10-5-6-17(15(10)14)7-11(20)9-3-1-2-4-12(9)23-17/h1-4,10,14-15H,5-8H2,(H2,18,21)(H,19,22)/t10-,14+,15-,17+/m0/s1. The number of ether oxygens (including phenoxy) is 1. The van der Waals surface area contributed by atoms with Gasteiger partial charge in [-0.2, -0.15) is 0 Å². The number of ketones is 1. The van der Waals surface area contributed by atoms with E-state index in [1.54, 1.807) is 6.07 Å². The fourth-order valence-electron chi connectivity index (χ4n) is 4.41. The van der Waals surface area contributed by atoms with Gasteiger partial charge in [0.1, 0.15) is 11.4 Å². The molecule has 1 spiro atoms. The molecule has 0 aromatic heterocycles. The van der Waals surface area contributed by atoms with Crippen molar-refractivity contribution in [2.24, 2.45) is 23.5 Å². The maximum Gasteiger partial charge on any atom is 0.236 e. The van der Waals surface area contributed by atoms with E-state index in [2.05, 4.69) is 5.32 Å². The van der Waals surface area contributed by atoms with Crippen LogP contribution in [0.1, 0.15) is 29.6 Å². The van der Waals surface area contributed by atoms with Crippen molar-refractivity contribution in [3.63, 3.8) is 0 Å². The first-order valence-corrected chi connectivity index (χ1v) is 7.89. The van der Waals surface area contributed by atoms with E-state index in [0.29, 0.717) is 17.7 Å². The second-order valence-electron chi connectivity index (χ2n) is 6.70. The van der Waals surface area contributed by atoms with Crippen molar-refractivity contribution in [3.05, 3.63) is 29.8 Å². The van der Waals surface area contributed by atoms with Crippen molar-refractivity contribution >= 4 is 17.6 Å². The van der Waals surface area contributed by atoms with E-state index in [1.165, 1.54) is 0 Å².